The highest BCUT2D eigenvalue weighted by atomic mass is 16.5. The average Bonchev–Trinajstić information content (AvgIpc) is 3.36. The van der Waals surface area contributed by atoms with E-state index in [0.29, 0.717) is 29.0 Å². The molecule has 0 radical (unpaired) electrons. The van der Waals surface area contributed by atoms with Crippen LogP contribution in [0.25, 0.3) is 23.0 Å². The molecule has 1 aliphatic rings. The van der Waals surface area contributed by atoms with Crippen molar-refractivity contribution in [1.82, 2.24) is 14.7 Å². The first-order valence-corrected chi connectivity index (χ1v) is 13.1. The summed E-state index contributed by atoms with van der Waals surface area (Å²) in [4.78, 5) is 26.9. The largest absolute Gasteiger partial charge is 0.494 e. The van der Waals surface area contributed by atoms with E-state index >= 15 is 0 Å². The summed E-state index contributed by atoms with van der Waals surface area (Å²) in [5, 5.41) is 14.5. The number of rotatable bonds is 10. The molecule has 0 saturated carbocycles. The van der Waals surface area contributed by atoms with Crippen LogP contribution in [-0.4, -0.2) is 39.6 Å². The summed E-state index contributed by atoms with van der Waals surface area (Å²) in [6.07, 6.45) is 8.16. The molecule has 0 fully saturated rings. The van der Waals surface area contributed by atoms with Crippen LogP contribution in [-0.2, 0) is 9.59 Å². The maximum absolute atomic E-state index is 13.2. The Morgan fingerprint density at radius 3 is 2.37 bits per heavy atom. The second kappa shape index (κ2) is 12.2. The van der Waals surface area contributed by atoms with E-state index < -0.39 is 11.8 Å². The van der Waals surface area contributed by atoms with Crippen molar-refractivity contribution in [2.75, 3.05) is 13.2 Å². The van der Waals surface area contributed by atoms with Gasteiger partial charge in [-0.3, -0.25) is 14.5 Å². The van der Waals surface area contributed by atoms with Crippen LogP contribution in [0, 0.1) is 11.3 Å². The van der Waals surface area contributed by atoms with Gasteiger partial charge in [-0.2, -0.15) is 10.4 Å². The fourth-order valence-electron chi connectivity index (χ4n) is 4.43. The zero-order valence-corrected chi connectivity index (χ0v) is 22.1. The Hall–Kier alpha value is -4.44. The number of carbonyl (C=O) groups excluding carboxylic acids is 2. The van der Waals surface area contributed by atoms with E-state index in [1.807, 2.05) is 66.9 Å². The lowest BCUT2D eigenvalue weighted by molar-refractivity contribution is -0.140. The van der Waals surface area contributed by atoms with Gasteiger partial charge in [0.25, 0.3) is 11.8 Å². The third-order valence-corrected chi connectivity index (χ3v) is 6.60. The van der Waals surface area contributed by atoms with Crippen molar-refractivity contribution < 1.29 is 14.3 Å². The minimum absolute atomic E-state index is 0.0184. The van der Waals surface area contributed by atoms with Crippen molar-refractivity contribution in [1.29, 1.82) is 5.26 Å². The third-order valence-electron chi connectivity index (χ3n) is 6.60. The van der Waals surface area contributed by atoms with Gasteiger partial charge in [-0.15, -0.1) is 0 Å². The first-order chi connectivity index (χ1) is 18.5. The Balaban J connectivity index is 1.74. The molecule has 2 heterocycles. The molecule has 2 aromatic carbocycles. The molecule has 1 aromatic heterocycles. The van der Waals surface area contributed by atoms with Gasteiger partial charge in [-0.25, -0.2) is 4.68 Å². The zero-order chi connectivity index (χ0) is 27.1. The molecular weight excluding hydrogens is 476 g/mol. The Morgan fingerprint density at radius 1 is 0.974 bits per heavy atom. The lowest BCUT2D eigenvalue weighted by atomic mass is 9.93. The van der Waals surface area contributed by atoms with Crippen molar-refractivity contribution in [3.63, 3.8) is 0 Å². The molecule has 0 spiro atoms. The highest BCUT2D eigenvalue weighted by molar-refractivity contribution is 6.19. The quantitative estimate of drug-likeness (QED) is 0.187. The van der Waals surface area contributed by atoms with Crippen LogP contribution in [0.4, 0.5) is 0 Å². The van der Waals surface area contributed by atoms with Crippen molar-refractivity contribution in [3.8, 4) is 28.8 Å². The van der Waals surface area contributed by atoms with Crippen molar-refractivity contribution >= 4 is 17.9 Å². The van der Waals surface area contributed by atoms with Crippen LogP contribution in [0.5, 0.6) is 5.75 Å². The summed E-state index contributed by atoms with van der Waals surface area (Å²) in [6, 6.07) is 19.4. The van der Waals surface area contributed by atoms with Crippen molar-refractivity contribution in [2.45, 2.75) is 46.5 Å². The van der Waals surface area contributed by atoms with Crippen LogP contribution in [0.15, 0.2) is 77.5 Å². The van der Waals surface area contributed by atoms with Gasteiger partial charge in [0, 0.05) is 29.4 Å². The van der Waals surface area contributed by atoms with E-state index in [2.05, 4.69) is 6.92 Å². The fourth-order valence-corrected chi connectivity index (χ4v) is 4.43. The molecule has 0 atom stereocenters. The van der Waals surface area contributed by atoms with Gasteiger partial charge in [0.05, 0.1) is 18.0 Å². The second-order valence-corrected chi connectivity index (χ2v) is 9.17. The number of nitrogens with zero attached hydrogens (tertiary/aromatic N) is 4. The first-order valence-electron chi connectivity index (χ1n) is 13.1. The van der Waals surface area contributed by atoms with Crippen LogP contribution in [0.3, 0.4) is 0 Å². The molecule has 1 aliphatic heterocycles. The van der Waals surface area contributed by atoms with Crippen LogP contribution < -0.4 is 4.74 Å². The minimum Gasteiger partial charge on any atom is -0.494 e. The standard InChI is InChI=1S/C31H32N4O3/c1-4-6-7-11-18-38-26-16-14-23(15-17-26)29-24(21-35(33-29)25-12-9-8-10-13-25)19-27-22(3)28(20-32)31(37)34(5-2)30(27)36/h8-10,12-17,19,21H,4-7,11,18H2,1-3H3/b27-19+. The van der Waals surface area contributed by atoms with Crippen molar-refractivity contribution in [3.05, 3.63) is 83.1 Å². The average molecular weight is 509 g/mol. The SMILES string of the molecule is CCCCCCOc1ccc(-c2nn(-c3ccccc3)cc2/C=C2/C(=O)N(CC)C(=O)C(C#N)=C2C)cc1. The van der Waals surface area contributed by atoms with Gasteiger partial charge in [0.2, 0.25) is 0 Å². The number of hydrogen-bond acceptors (Lipinski definition) is 5. The van der Waals surface area contributed by atoms with E-state index in [-0.39, 0.29) is 12.1 Å². The number of nitriles is 1. The monoisotopic (exact) mass is 508 g/mol. The fraction of sp³-hybridized carbons (Fsp3) is 0.290. The molecule has 2 amide bonds. The molecule has 0 aliphatic carbocycles. The Labute approximate surface area is 223 Å². The lowest BCUT2D eigenvalue weighted by Gasteiger charge is -2.26. The van der Waals surface area contributed by atoms with Crippen LogP contribution in [0.2, 0.25) is 0 Å². The number of hydrogen-bond donors (Lipinski definition) is 0. The summed E-state index contributed by atoms with van der Waals surface area (Å²) < 4.78 is 7.66. The number of para-hydroxylation sites is 1. The summed E-state index contributed by atoms with van der Waals surface area (Å²) in [5.74, 6) is -0.177. The van der Waals surface area contributed by atoms with E-state index in [1.54, 1.807) is 24.6 Å². The Morgan fingerprint density at radius 2 is 1.71 bits per heavy atom. The molecule has 7 nitrogen and oxygen atoms in total. The number of carbonyl (C=O) groups is 2. The minimum atomic E-state index is -0.555. The number of likely N-dealkylation sites (N-methyl/N-ethyl adjacent to an activating group) is 1. The Bertz CT molecular complexity index is 1410. The number of amides is 2. The van der Waals surface area contributed by atoms with E-state index in [4.69, 9.17) is 9.84 Å². The second-order valence-electron chi connectivity index (χ2n) is 9.17. The summed E-state index contributed by atoms with van der Waals surface area (Å²) in [6.45, 7) is 6.41. The molecule has 3 aromatic rings. The van der Waals surface area contributed by atoms with Gasteiger partial charge in [0.15, 0.2) is 0 Å². The highest BCUT2D eigenvalue weighted by Gasteiger charge is 2.34. The Kier molecular flexibility index (Phi) is 8.55. The molecule has 0 N–H and O–H groups in total. The number of unbranched alkanes of at least 4 members (excludes halogenated alkanes) is 3. The van der Waals surface area contributed by atoms with E-state index in [9.17, 15) is 14.9 Å². The van der Waals surface area contributed by atoms with Gasteiger partial charge in [-0.05, 0) is 68.3 Å². The number of ether oxygens (including phenoxy) is 1. The molecule has 194 valence electrons. The maximum Gasteiger partial charge on any atom is 0.271 e. The molecule has 38 heavy (non-hydrogen) atoms. The van der Waals surface area contributed by atoms with E-state index in [0.717, 1.165) is 34.7 Å². The van der Waals surface area contributed by atoms with Gasteiger partial charge >= 0.3 is 0 Å². The normalized spacial score (nSPS) is 14.8. The van der Waals surface area contributed by atoms with Crippen LogP contribution in [0.1, 0.15) is 52.0 Å². The van der Waals surface area contributed by atoms with Crippen molar-refractivity contribution in [2.24, 2.45) is 0 Å². The summed E-state index contributed by atoms with van der Waals surface area (Å²) in [5.41, 5.74) is 3.77. The lowest BCUT2D eigenvalue weighted by Crippen LogP contribution is -2.42. The highest BCUT2D eigenvalue weighted by Crippen LogP contribution is 2.31. The molecule has 0 bridgehead atoms. The number of imide groups is 1. The first kappa shape index (κ1) is 26.6. The third kappa shape index (κ3) is 5.60. The van der Waals surface area contributed by atoms with Crippen LogP contribution >= 0.6 is 0 Å². The predicted molar refractivity (Wildman–Crippen MR) is 147 cm³/mol. The predicted octanol–water partition coefficient (Wildman–Crippen LogP) is 6.11. The number of benzene rings is 2. The zero-order valence-electron chi connectivity index (χ0n) is 22.1. The number of aromatic nitrogens is 2. The molecule has 4 rings (SSSR count). The van der Waals surface area contributed by atoms with Gasteiger partial charge < -0.3 is 4.74 Å². The topological polar surface area (TPSA) is 88.2 Å². The van der Waals surface area contributed by atoms with E-state index in [1.165, 1.54) is 12.8 Å². The van der Waals surface area contributed by atoms with Gasteiger partial charge in [0.1, 0.15) is 17.4 Å². The summed E-state index contributed by atoms with van der Waals surface area (Å²) in [7, 11) is 0. The molecule has 0 saturated heterocycles. The smallest absolute Gasteiger partial charge is 0.271 e. The molecule has 7 heteroatoms. The summed E-state index contributed by atoms with van der Waals surface area (Å²) >= 11 is 0. The maximum atomic E-state index is 13.2. The van der Waals surface area contributed by atoms with Gasteiger partial charge in [-0.1, -0.05) is 44.4 Å². The molecule has 0 unspecified atom stereocenters. The molecular formula is C31H32N4O3.